The first-order valence-electron chi connectivity index (χ1n) is 4.81. The number of nitrogens with one attached hydrogen (secondary N) is 1. The largest absolute Gasteiger partial charge is 0.480 e. The molecule has 0 radical (unpaired) electrons. The highest BCUT2D eigenvalue weighted by Gasteiger charge is 2.16. The molecule has 0 atom stereocenters. The summed E-state index contributed by atoms with van der Waals surface area (Å²) < 4.78 is 5.14. The van der Waals surface area contributed by atoms with Crippen LogP contribution in [0.4, 0.5) is 5.82 Å². The van der Waals surface area contributed by atoms with Gasteiger partial charge in [0.1, 0.15) is 23.5 Å². The van der Waals surface area contributed by atoms with E-state index in [-0.39, 0.29) is 0 Å². The van der Waals surface area contributed by atoms with Crippen molar-refractivity contribution in [1.82, 2.24) is 19.9 Å². The number of aromatic amines is 1. The molecule has 2 aromatic heterocycles. The zero-order valence-corrected chi connectivity index (χ0v) is 9.40. The molecule has 0 unspecified atom stereocenters. The summed E-state index contributed by atoms with van der Waals surface area (Å²) in [7, 11) is 1.54. The van der Waals surface area contributed by atoms with Gasteiger partial charge in [-0.05, 0) is 13.8 Å². The first kappa shape index (κ1) is 10.4. The van der Waals surface area contributed by atoms with Crippen LogP contribution in [-0.2, 0) is 0 Å². The highest BCUT2D eigenvalue weighted by Crippen LogP contribution is 2.30. The average molecular weight is 219 g/mol. The standard InChI is InChI=1S/C10H13N5O/c1-5-6(2)15-9(14-5)7-8(11)12-4-13-10(7)16-3/h4H,1-3H3,(H,14,15)(H2,11,12,13). The van der Waals surface area contributed by atoms with Gasteiger partial charge in [-0.1, -0.05) is 0 Å². The number of methoxy groups -OCH3 is 1. The van der Waals surface area contributed by atoms with Gasteiger partial charge in [0.2, 0.25) is 5.88 Å². The molecule has 0 aliphatic carbocycles. The van der Waals surface area contributed by atoms with Crippen LogP contribution in [0.2, 0.25) is 0 Å². The molecular formula is C10H13N5O. The maximum atomic E-state index is 5.80. The molecule has 3 N–H and O–H groups in total. The number of aromatic nitrogens is 4. The summed E-state index contributed by atoms with van der Waals surface area (Å²) in [5.74, 6) is 1.40. The number of ether oxygens (including phenoxy) is 1. The smallest absolute Gasteiger partial charge is 0.229 e. The van der Waals surface area contributed by atoms with Crippen molar-refractivity contribution in [2.75, 3.05) is 12.8 Å². The molecule has 0 amide bonds. The molecule has 0 fully saturated rings. The number of anilines is 1. The van der Waals surface area contributed by atoms with Crippen LogP contribution in [-0.4, -0.2) is 27.0 Å². The summed E-state index contributed by atoms with van der Waals surface area (Å²) in [6.45, 7) is 3.86. The molecule has 6 nitrogen and oxygen atoms in total. The fraction of sp³-hybridized carbons (Fsp3) is 0.300. The molecule has 2 rings (SSSR count). The van der Waals surface area contributed by atoms with Crippen molar-refractivity contribution in [2.24, 2.45) is 0 Å². The Morgan fingerprint density at radius 3 is 2.62 bits per heavy atom. The number of imidazole rings is 1. The van der Waals surface area contributed by atoms with Crippen molar-refractivity contribution >= 4 is 5.82 Å². The van der Waals surface area contributed by atoms with Gasteiger partial charge in [-0.15, -0.1) is 0 Å². The Morgan fingerprint density at radius 1 is 1.31 bits per heavy atom. The van der Waals surface area contributed by atoms with Gasteiger partial charge in [0.25, 0.3) is 0 Å². The van der Waals surface area contributed by atoms with Crippen LogP contribution in [0.3, 0.4) is 0 Å². The van der Waals surface area contributed by atoms with E-state index in [1.165, 1.54) is 13.4 Å². The van der Waals surface area contributed by atoms with Gasteiger partial charge in [-0.3, -0.25) is 0 Å². The predicted molar refractivity (Wildman–Crippen MR) is 60.1 cm³/mol. The Hall–Kier alpha value is -2.11. The minimum absolute atomic E-state index is 0.348. The van der Waals surface area contributed by atoms with Crippen LogP contribution >= 0.6 is 0 Å². The number of nitrogen functional groups attached to an aromatic ring is 1. The number of hydrogen-bond donors (Lipinski definition) is 2. The van der Waals surface area contributed by atoms with Gasteiger partial charge in [0.15, 0.2) is 0 Å². The third-order valence-corrected chi connectivity index (χ3v) is 2.40. The zero-order chi connectivity index (χ0) is 11.7. The van der Waals surface area contributed by atoms with Crippen molar-refractivity contribution in [2.45, 2.75) is 13.8 Å². The van der Waals surface area contributed by atoms with Crippen molar-refractivity contribution in [3.8, 4) is 17.3 Å². The number of hydrogen-bond acceptors (Lipinski definition) is 5. The SMILES string of the molecule is COc1ncnc(N)c1-c1nc(C)c(C)[nH]1. The van der Waals surface area contributed by atoms with Gasteiger partial charge in [-0.2, -0.15) is 0 Å². The zero-order valence-electron chi connectivity index (χ0n) is 9.40. The van der Waals surface area contributed by atoms with E-state index < -0.39 is 0 Å². The molecule has 2 aromatic rings. The Bertz CT molecular complexity index is 500. The van der Waals surface area contributed by atoms with Crippen LogP contribution in [0.15, 0.2) is 6.33 Å². The van der Waals surface area contributed by atoms with E-state index in [0.717, 1.165) is 11.4 Å². The van der Waals surface area contributed by atoms with E-state index in [9.17, 15) is 0 Å². The molecule has 0 bridgehead atoms. The molecule has 0 aliphatic heterocycles. The maximum Gasteiger partial charge on any atom is 0.229 e. The van der Waals surface area contributed by atoms with E-state index in [0.29, 0.717) is 23.1 Å². The third kappa shape index (κ3) is 1.58. The second kappa shape index (κ2) is 3.80. The molecule has 6 heteroatoms. The van der Waals surface area contributed by atoms with Crippen molar-refractivity contribution in [3.05, 3.63) is 17.7 Å². The Labute approximate surface area is 92.9 Å². The fourth-order valence-corrected chi connectivity index (χ4v) is 1.43. The Balaban J connectivity index is 2.62. The summed E-state index contributed by atoms with van der Waals surface area (Å²) in [5, 5.41) is 0. The molecular weight excluding hydrogens is 206 g/mol. The molecule has 0 aliphatic rings. The van der Waals surface area contributed by atoms with Crippen molar-refractivity contribution in [3.63, 3.8) is 0 Å². The van der Waals surface area contributed by atoms with Crippen molar-refractivity contribution in [1.29, 1.82) is 0 Å². The third-order valence-electron chi connectivity index (χ3n) is 2.40. The number of nitrogens with two attached hydrogens (primary N) is 1. The van der Waals surface area contributed by atoms with E-state index >= 15 is 0 Å². The number of rotatable bonds is 2. The molecule has 0 saturated heterocycles. The number of aryl methyl sites for hydroxylation is 2. The minimum Gasteiger partial charge on any atom is -0.480 e. The quantitative estimate of drug-likeness (QED) is 0.788. The lowest BCUT2D eigenvalue weighted by Crippen LogP contribution is -2.00. The highest BCUT2D eigenvalue weighted by atomic mass is 16.5. The monoisotopic (exact) mass is 219 g/mol. The normalized spacial score (nSPS) is 10.4. The van der Waals surface area contributed by atoms with Crippen LogP contribution in [0.1, 0.15) is 11.4 Å². The van der Waals surface area contributed by atoms with Crippen LogP contribution in [0, 0.1) is 13.8 Å². The van der Waals surface area contributed by atoms with E-state index in [4.69, 9.17) is 10.5 Å². The average Bonchev–Trinajstić information content (AvgIpc) is 2.58. The fourth-order valence-electron chi connectivity index (χ4n) is 1.43. The first-order chi connectivity index (χ1) is 7.63. The Morgan fingerprint density at radius 2 is 2.06 bits per heavy atom. The van der Waals surface area contributed by atoms with E-state index in [2.05, 4.69) is 19.9 Å². The lowest BCUT2D eigenvalue weighted by molar-refractivity contribution is 0.398. The predicted octanol–water partition coefficient (Wildman–Crippen LogP) is 1.07. The van der Waals surface area contributed by atoms with Crippen LogP contribution in [0.5, 0.6) is 5.88 Å². The van der Waals surface area contributed by atoms with Gasteiger partial charge in [0, 0.05) is 5.69 Å². The topological polar surface area (TPSA) is 89.7 Å². The van der Waals surface area contributed by atoms with Gasteiger partial charge in [-0.25, -0.2) is 15.0 Å². The number of H-pyrrole nitrogens is 1. The highest BCUT2D eigenvalue weighted by molar-refractivity contribution is 5.73. The minimum atomic E-state index is 0.348. The van der Waals surface area contributed by atoms with Gasteiger partial charge < -0.3 is 15.5 Å². The van der Waals surface area contributed by atoms with Gasteiger partial charge in [0.05, 0.1) is 12.8 Å². The van der Waals surface area contributed by atoms with Crippen molar-refractivity contribution < 1.29 is 4.74 Å². The van der Waals surface area contributed by atoms with Crippen LogP contribution in [0.25, 0.3) is 11.4 Å². The summed E-state index contributed by atoms with van der Waals surface area (Å²) in [6, 6.07) is 0. The summed E-state index contributed by atoms with van der Waals surface area (Å²) in [6.07, 6.45) is 1.36. The lowest BCUT2D eigenvalue weighted by Gasteiger charge is -2.06. The Kier molecular flexibility index (Phi) is 2.47. The summed E-state index contributed by atoms with van der Waals surface area (Å²) in [4.78, 5) is 15.4. The number of nitrogens with zero attached hydrogens (tertiary/aromatic N) is 3. The second-order valence-electron chi connectivity index (χ2n) is 3.44. The summed E-state index contributed by atoms with van der Waals surface area (Å²) >= 11 is 0. The first-order valence-corrected chi connectivity index (χ1v) is 4.81. The molecule has 0 aromatic carbocycles. The molecule has 84 valence electrons. The van der Waals surface area contributed by atoms with Crippen LogP contribution < -0.4 is 10.5 Å². The van der Waals surface area contributed by atoms with Gasteiger partial charge >= 0.3 is 0 Å². The lowest BCUT2D eigenvalue weighted by atomic mass is 10.3. The molecule has 2 heterocycles. The molecule has 0 saturated carbocycles. The van der Waals surface area contributed by atoms with E-state index in [1.807, 2.05) is 13.8 Å². The second-order valence-corrected chi connectivity index (χ2v) is 3.44. The molecule has 0 spiro atoms. The summed E-state index contributed by atoms with van der Waals surface area (Å²) in [5.41, 5.74) is 8.30. The molecule has 16 heavy (non-hydrogen) atoms. The maximum absolute atomic E-state index is 5.80. The van der Waals surface area contributed by atoms with E-state index in [1.54, 1.807) is 0 Å².